The second-order valence-electron chi connectivity index (χ2n) is 5.19. The molecule has 1 aromatic rings. The van der Waals surface area contributed by atoms with Gasteiger partial charge >= 0.3 is 0 Å². The fraction of sp³-hybridized carbons (Fsp3) is 0.600. The minimum Gasteiger partial charge on any atom is -0.496 e. The molecule has 0 saturated carbocycles. The van der Waals surface area contributed by atoms with Crippen LogP contribution in [0.15, 0.2) is 12.1 Å². The van der Waals surface area contributed by atoms with Gasteiger partial charge in [0, 0.05) is 13.1 Å². The van der Waals surface area contributed by atoms with E-state index >= 15 is 0 Å². The van der Waals surface area contributed by atoms with E-state index in [4.69, 9.17) is 10.5 Å². The number of ether oxygens (including phenoxy) is 1. The van der Waals surface area contributed by atoms with Crippen molar-refractivity contribution in [2.45, 2.75) is 32.9 Å². The largest absolute Gasteiger partial charge is 0.496 e. The molecule has 4 heteroatoms. The van der Waals surface area contributed by atoms with Gasteiger partial charge in [-0.1, -0.05) is 12.1 Å². The number of nitrogens with zero attached hydrogens (tertiary/aromatic N) is 1. The van der Waals surface area contributed by atoms with Crippen LogP contribution in [-0.4, -0.2) is 43.4 Å². The Kier molecular flexibility index (Phi) is 6.28. The van der Waals surface area contributed by atoms with Crippen LogP contribution in [0.1, 0.15) is 23.1 Å². The van der Waals surface area contributed by atoms with Crippen LogP contribution >= 0.6 is 0 Å². The molecule has 3 N–H and O–H groups in total. The number of aliphatic hydroxyl groups is 1. The Morgan fingerprint density at radius 1 is 1.32 bits per heavy atom. The molecule has 1 unspecified atom stereocenters. The van der Waals surface area contributed by atoms with Crippen LogP contribution in [0.4, 0.5) is 0 Å². The topological polar surface area (TPSA) is 58.7 Å². The Hall–Kier alpha value is -1.10. The third-order valence-electron chi connectivity index (χ3n) is 3.20. The van der Waals surface area contributed by atoms with Gasteiger partial charge in [0.25, 0.3) is 0 Å². The molecule has 19 heavy (non-hydrogen) atoms. The van der Waals surface area contributed by atoms with Gasteiger partial charge in [-0.05, 0) is 50.6 Å². The van der Waals surface area contributed by atoms with Crippen molar-refractivity contribution in [1.29, 1.82) is 0 Å². The van der Waals surface area contributed by atoms with Crippen LogP contribution in [0.3, 0.4) is 0 Å². The number of aliphatic hydroxyl groups excluding tert-OH is 1. The van der Waals surface area contributed by atoms with Crippen LogP contribution in [0.2, 0.25) is 0 Å². The first-order valence-corrected chi connectivity index (χ1v) is 6.68. The van der Waals surface area contributed by atoms with Gasteiger partial charge in [0.05, 0.1) is 13.2 Å². The van der Waals surface area contributed by atoms with Crippen LogP contribution in [0, 0.1) is 13.8 Å². The summed E-state index contributed by atoms with van der Waals surface area (Å²) in [6.07, 6.45) is 0.292. The fourth-order valence-corrected chi connectivity index (χ4v) is 2.47. The molecule has 0 bridgehead atoms. The molecule has 0 saturated heterocycles. The van der Waals surface area contributed by atoms with Crippen molar-refractivity contribution < 1.29 is 9.84 Å². The lowest BCUT2D eigenvalue weighted by molar-refractivity contribution is 0.117. The minimum atomic E-state index is -0.351. The summed E-state index contributed by atoms with van der Waals surface area (Å²) < 4.78 is 5.36. The van der Waals surface area contributed by atoms with Crippen molar-refractivity contribution in [1.82, 2.24) is 4.90 Å². The maximum atomic E-state index is 9.75. The molecular weight excluding hydrogens is 240 g/mol. The summed E-state index contributed by atoms with van der Waals surface area (Å²) in [5, 5.41) is 9.75. The average molecular weight is 266 g/mol. The van der Waals surface area contributed by atoms with Gasteiger partial charge in [-0.15, -0.1) is 0 Å². The zero-order valence-corrected chi connectivity index (χ0v) is 12.4. The quantitative estimate of drug-likeness (QED) is 0.784. The Morgan fingerprint density at radius 2 is 1.89 bits per heavy atom. The van der Waals surface area contributed by atoms with E-state index in [1.165, 1.54) is 5.56 Å². The van der Waals surface area contributed by atoms with Crippen molar-refractivity contribution in [3.63, 3.8) is 0 Å². The van der Waals surface area contributed by atoms with Crippen LogP contribution in [-0.2, 0) is 6.54 Å². The Bertz CT molecular complexity index is 384. The SMILES string of the molecule is COc1c(C)cc(CN(C)CC(O)CCN)cc1C. The minimum absolute atomic E-state index is 0.351. The molecule has 0 aliphatic heterocycles. The number of benzene rings is 1. The highest BCUT2D eigenvalue weighted by Crippen LogP contribution is 2.24. The first-order chi connectivity index (χ1) is 8.97. The van der Waals surface area contributed by atoms with E-state index in [0.29, 0.717) is 19.5 Å². The normalized spacial score (nSPS) is 12.8. The lowest BCUT2D eigenvalue weighted by atomic mass is 10.1. The highest BCUT2D eigenvalue weighted by atomic mass is 16.5. The summed E-state index contributed by atoms with van der Waals surface area (Å²) in [6.45, 7) is 6.08. The van der Waals surface area contributed by atoms with Gasteiger partial charge < -0.3 is 15.6 Å². The van der Waals surface area contributed by atoms with Gasteiger partial charge in [-0.25, -0.2) is 0 Å². The van der Waals surface area contributed by atoms with Gasteiger partial charge in [-0.3, -0.25) is 4.90 Å². The third-order valence-corrected chi connectivity index (χ3v) is 3.20. The summed E-state index contributed by atoms with van der Waals surface area (Å²) >= 11 is 0. The number of methoxy groups -OCH3 is 1. The van der Waals surface area contributed by atoms with Gasteiger partial charge in [0.1, 0.15) is 5.75 Å². The fourth-order valence-electron chi connectivity index (χ4n) is 2.47. The van der Waals surface area contributed by atoms with Crippen molar-refractivity contribution in [2.24, 2.45) is 5.73 Å². The highest BCUT2D eigenvalue weighted by Gasteiger charge is 2.10. The van der Waals surface area contributed by atoms with Crippen molar-refractivity contribution in [3.05, 3.63) is 28.8 Å². The number of aryl methyl sites for hydroxylation is 2. The Morgan fingerprint density at radius 3 is 2.37 bits per heavy atom. The summed E-state index contributed by atoms with van der Waals surface area (Å²) in [5.41, 5.74) is 8.96. The summed E-state index contributed by atoms with van der Waals surface area (Å²) in [7, 11) is 3.71. The van der Waals surface area contributed by atoms with Gasteiger partial charge in [0.15, 0.2) is 0 Å². The van der Waals surface area contributed by atoms with E-state index in [0.717, 1.165) is 23.4 Å². The van der Waals surface area contributed by atoms with Crippen LogP contribution < -0.4 is 10.5 Å². The summed E-state index contributed by atoms with van der Waals surface area (Å²) in [4.78, 5) is 2.11. The zero-order chi connectivity index (χ0) is 14.4. The molecule has 0 amide bonds. The van der Waals surface area contributed by atoms with E-state index in [9.17, 15) is 5.11 Å². The predicted octanol–water partition coefficient (Wildman–Crippen LogP) is 1.45. The molecule has 1 atom stereocenters. The maximum Gasteiger partial charge on any atom is 0.124 e. The van der Waals surface area contributed by atoms with E-state index in [1.807, 2.05) is 7.05 Å². The first kappa shape index (κ1) is 16.0. The van der Waals surface area contributed by atoms with Gasteiger partial charge in [0.2, 0.25) is 0 Å². The summed E-state index contributed by atoms with van der Waals surface area (Å²) in [5.74, 6) is 0.953. The van der Waals surface area contributed by atoms with E-state index < -0.39 is 0 Å². The van der Waals surface area contributed by atoms with Crippen molar-refractivity contribution >= 4 is 0 Å². The zero-order valence-electron chi connectivity index (χ0n) is 12.4. The average Bonchev–Trinajstić information content (AvgIpc) is 2.28. The third kappa shape index (κ3) is 4.82. The predicted molar refractivity (Wildman–Crippen MR) is 78.5 cm³/mol. The number of nitrogens with two attached hydrogens (primary N) is 1. The van der Waals surface area contributed by atoms with E-state index in [-0.39, 0.29) is 6.10 Å². The number of likely N-dealkylation sites (N-methyl/N-ethyl adjacent to an activating group) is 1. The molecule has 0 aliphatic carbocycles. The lowest BCUT2D eigenvalue weighted by Crippen LogP contribution is -2.30. The number of rotatable bonds is 7. The lowest BCUT2D eigenvalue weighted by Gasteiger charge is -2.21. The van der Waals surface area contributed by atoms with E-state index in [1.54, 1.807) is 7.11 Å². The molecule has 4 nitrogen and oxygen atoms in total. The molecule has 0 fully saturated rings. The number of hydrogen-bond acceptors (Lipinski definition) is 4. The molecule has 0 spiro atoms. The van der Waals surface area contributed by atoms with Crippen molar-refractivity contribution in [3.8, 4) is 5.75 Å². The standard InChI is InChI=1S/C15H26N2O2/c1-11-7-13(8-12(2)15(11)19-4)9-17(3)10-14(18)5-6-16/h7-8,14,18H,5-6,9-10,16H2,1-4H3. The Labute approximate surface area is 116 Å². The highest BCUT2D eigenvalue weighted by molar-refractivity contribution is 5.43. The molecule has 0 aliphatic rings. The van der Waals surface area contributed by atoms with Crippen LogP contribution in [0.25, 0.3) is 0 Å². The molecule has 0 aromatic heterocycles. The second-order valence-corrected chi connectivity index (χ2v) is 5.19. The second kappa shape index (κ2) is 7.48. The van der Waals surface area contributed by atoms with Gasteiger partial charge in [-0.2, -0.15) is 0 Å². The molecule has 108 valence electrons. The summed E-state index contributed by atoms with van der Waals surface area (Å²) in [6, 6.07) is 4.27. The molecule has 0 heterocycles. The molecular formula is C15H26N2O2. The molecule has 0 radical (unpaired) electrons. The van der Waals surface area contributed by atoms with Crippen LogP contribution in [0.5, 0.6) is 5.75 Å². The smallest absolute Gasteiger partial charge is 0.124 e. The first-order valence-electron chi connectivity index (χ1n) is 6.68. The monoisotopic (exact) mass is 266 g/mol. The van der Waals surface area contributed by atoms with Crippen molar-refractivity contribution in [2.75, 3.05) is 27.2 Å². The van der Waals surface area contributed by atoms with E-state index in [2.05, 4.69) is 30.9 Å². The Balaban J connectivity index is 2.67. The maximum absolute atomic E-state index is 9.75. The number of hydrogen-bond donors (Lipinski definition) is 2. The molecule has 1 aromatic carbocycles. The molecule has 1 rings (SSSR count).